The fourth-order valence-electron chi connectivity index (χ4n) is 3.07. The molecule has 0 atom stereocenters. The molecule has 16 heavy (non-hydrogen) atoms. The predicted molar refractivity (Wildman–Crippen MR) is 69.8 cm³/mol. The Hall–Kier alpha value is -0.340. The quantitative estimate of drug-likeness (QED) is 0.820. The molecular weight excluding hydrogens is 214 g/mol. The van der Waals surface area contributed by atoms with Crippen molar-refractivity contribution in [1.29, 1.82) is 0 Å². The summed E-state index contributed by atoms with van der Waals surface area (Å²) in [5.41, 5.74) is 2.16. The molecule has 1 aromatic heterocycles. The Labute approximate surface area is 102 Å². The van der Waals surface area contributed by atoms with E-state index in [1.807, 2.05) is 11.3 Å². The van der Waals surface area contributed by atoms with Crippen LogP contribution in [0.2, 0.25) is 0 Å². The summed E-state index contributed by atoms with van der Waals surface area (Å²) in [5, 5.41) is 5.90. The van der Waals surface area contributed by atoms with Crippen molar-refractivity contribution in [3.05, 3.63) is 21.9 Å². The normalized spacial score (nSPS) is 23.1. The largest absolute Gasteiger partial charge is 0.311 e. The molecule has 1 nitrogen and oxygen atoms in total. The summed E-state index contributed by atoms with van der Waals surface area (Å²) < 4.78 is 0. The molecule has 0 spiro atoms. The van der Waals surface area contributed by atoms with Crippen molar-refractivity contribution in [2.45, 2.75) is 45.6 Å². The third-order valence-corrected chi connectivity index (χ3v) is 5.55. The Bertz CT molecular complexity index is 361. The maximum Gasteiger partial charge on any atom is 0.0302 e. The van der Waals surface area contributed by atoms with Gasteiger partial charge in [0.05, 0.1) is 0 Å². The molecule has 0 saturated heterocycles. The van der Waals surface area contributed by atoms with Crippen LogP contribution >= 0.6 is 11.3 Å². The van der Waals surface area contributed by atoms with E-state index in [2.05, 4.69) is 23.7 Å². The molecule has 2 aliphatic rings. The molecule has 0 radical (unpaired) electrons. The van der Waals surface area contributed by atoms with E-state index >= 15 is 0 Å². The van der Waals surface area contributed by atoms with Gasteiger partial charge in [0.2, 0.25) is 0 Å². The molecule has 3 rings (SSSR count). The van der Waals surface area contributed by atoms with Crippen LogP contribution in [0.5, 0.6) is 0 Å². The van der Waals surface area contributed by atoms with Gasteiger partial charge in [0.25, 0.3) is 0 Å². The van der Waals surface area contributed by atoms with Crippen molar-refractivity contribution in [3.8, 4) is 0 Å². The number of hydrogen-bond acceptors (Lipinski definition) is 2. The van der Waals surface area contributed by atoms with Gasteiger partial charge in [0.15, 0.2) is 0 Å². The molecule has 0 aromatic carbocycles. The first-order chi connectivity index (χ1) is 7.80. The average Bonchev–Trinajstić information content (AvgIpc) is 2.97. The summed E-state index contributed by atoms with van der Waals surface area (Å²) in [5.74, 6) is 1.07. The molecule has 2 aliphatic carbocycles. The summed E-state index contributed by atoms with van der Waals surface area (Å²) in [6.45, 7) is 4.56. The second-order valence-electron chi connectivity index (χ2n) is 5.62. The Morgan fingerprint density at radius 1 is 1.44 bits per heavy atom. The highest BCUT2D eigenvalue weighted by molar-refractivity contribution is 7.10. The van der Waals surface area contributed by atoms with Gasteiger partial charge in [-0.15, -0.1) is 11.3 Å². The van der Waals surface area contributed by atoms with Gasteiger partial charge in [0.1, 0.15) is 0 Å². The van der Waals surface area contributed by atoms with Gasteiger partial charge in [-0.1, -0.05) is 6.42 Å². The molecular formula is C14H21NS. The Balaban J connectivity index is 1.51. The molecule has 1 heterocycles. The summed E-state index contributed by atoms with van der Waals surface area (Å²) in [4.78, 5) is 1.52. The van der Waals surface area contributed by atoms with Crippen LogP contribution in [0.15, 0.2) is 11.4 Å². The minimum atomic E-state index is 0.713. The first-order valence-corrected chi connectivity index (χ1v) is 7.42. The highest BCUT2D eigenvalue weighted by atomic mass is 32.1. The van der Waals surface area contributed by atoms with E-state index in [0.29, 0.717) is 5.41 Å². The average molecular weight is 235 g/mol. The molecule has 0 amide bonds. The van der Waals surface area contributed by atoms with Crippen molar-refractivity contribution < 1.29 is 0 Å². The third kappa shape index (κ3) is 1.93. The molecule has 2 fully saturated rings. The van der Waals surface area contributed by atoms with Gasteiger partial charge >= 0.3 is 0 Å². The van der Waals surface area contributed by atoms with Crippen LogP contribution in [0.1, 0.15) is 42.5 Å². The van der Waals surface area contributed by atoms with Crippen LogP contribution in [-0.2, 0) is 6.54 Å². The summed E-state index contributed by atoms with van der Waals surface area (Å²) in [6, 6.07) is 2.22. The summed E-state index contributed by atoms with van der Waals surface area (Å²) in [6.07, 6.45) is 7.43. The number of thiophene rings is 1. The zero-order valence-corrected chi connectivity index (χ0v) is 10.9. The molecule has 1 N–H and O–H groups in total. The minimum absolute atomic E-state index is 0.713. The van der Waals surface area contributed by atoms with Crippen molar-refractivity contribution in [2.75, 3.05) is 6.54 Å². The van der Waals surface area contributed by atoms with Crippen LogP contribution in [-0.4, -0.2) is 6.54 Å². The standard InChI is InChI=1S/C14H21NS/c1-11-5-8-16-13(11)9-15-10-14(6-2-7-14)12-3-4-12/h5,8,12,15H,2-4,6-7,9-10H2,1H3. The molecule has 0 unspecified atom stereocenters. The minimum Gasteiger partial charge on any atom is -0.311 e. The molecule has 2 saturated carbocycles. The zero-order chi connectivity index (χ0) is 11.0. The Morgan fingerprint density at radius 3 is 2.75 bits per heavy atom. The Morgan fingerprint density at radius 2 is 2.25 bits per heavy atom. The van der Waals surface area contributed by atoms with Gasteiger partial charge in [-0.3, -0.25) is 0 Å². The highest BCUT2D eigenvalue weighted by Crippen LogP contribution is 2.56. The maximum absolute atomic E-state index is 3.70. The molecule has 2 heteroatoms. The van der Waals surface area contributed by atoms with E-state index < -0.39 is 0 Å². The lowest BCUT2D eigenvalue weighted by molar-refractivity contribution is 0.0988. The van der Waals surface area contributed by atoms with Crippen molar-refractivity contribution in [1.82, 2.24) is 5.32 Å². The topological polar surface area (TPSA) is 12.0 Å². The lowest BCUT2D eigenvalue weighted by atomic mass is 9.65. The smallest absolute Gasteiger partial charge is 0.0302 e. The van der Waals surface area contributed by atoms with Crippen LogP contribution in [0.3, 0.4) is 0 Å². The fraction of sp³-hybridized carbons (Fsp3) is 0.714. The van der Waals surface area contributed by atoms with Crippen LogP contribution in [0.4, 0.5) is 0 Å². The van der Waals surface area contributed by atoms with Crippen molar-refractivity contribution in [3.63, 3.8) is 0 Å². The lowest BCUT2D eigenvalue weighted by Crippen LogP contribution is -2.41. The van der Waals surface area contributed by atoms with Crippen LogP contribution in [0, 0.1) is 18.3 Å². The van der Waals surface area contributed by atoms with E-state index in [-0.39, 0.29) is 0 Å². The van der Waals surface area contributed by atoms with E-state index in [1.54, 1.807) is 0 Å². The maximum atomic E-state index is 3.70. The van der Waals surface area contributed by atoms with Gasteiger partial charge in [-0.25, -0.2) is 0 Å². The molecule has 88 valence electrons. The van der Waals surface area contributed by atoms with E-state index in [9.17, 15) is 0 Å². The second kappa shape index (κ2) is 4.15. The first kappa shape index (κ1) is 10.8. The van der Waals surface area contributed by atoms with Gasteiger partial charge in [-0.2, -0.15) is 0 Å². The number of aryl methyl sites for hydroxylation is 1. The SMILES string of the molecule is Cc1ccsc1CNCC1(C2CC2)CCC1. The lowest BCUT2D eigenvalue weighted by Gasteiger charge is -2.43. The fourth-order valence-corrected chi connectivity index (χ4v) is 3.94. The van der Waals surface area contributed by atoms with E-state index in [0.717, 1.165) is 12.5 Å². The predicted octanol–water partition coefficient (Wildman–Crippen LogP) is 3.73. The van der Waals surface area contributed by atoms with E-state index in [4.69, 9.17) is 0 Å². The monoisotopic (exact) mass is 235 g/mol. The molecule has 0 bridgehead atoms. The zero-order valence-electron chi connectivity index (χ0n) is 10.1. The van der Waals surface area contributed by atoms with Gasteiger partial charge in [0, 0.05) is 18.0 Å². The molecule has 0 aliphatic heterocycles. The van der Waals surface area contributed by atoms with E-state index in [1.165, 1.54) is 49.1 Å². The third-order valence-electron chi connectivity index (χ3n) is 4.52. The summed E-state index contributed by atoms with van der Waals surface area (Å²) >= 11 is 1.89. The second-order valence-corrected chi connectivity index (χ2v) is 6.62. The first-order valence-electron chi connectivity index (χ1n) is 6.54. The summed E-state index contributed by atoms with van der Waals surface area (Å²) in [7, 11) is 0. The number of rotatable bonds is 5. The van der Waals surface area contributed by atoms with Crippen molar-refractivity contribution >= 4 is 11.3 Å². The number of hydrogen-bond donors (Lipinski definition) is 1. The van der Waals surface area contributed by atoms with Gasteiger partial charge < -0.3 is 5.32 Å². The van der Waals surface area contributed by atoms with Crippen molar-refractivity contribution in [2.24, 2.45) is 11.3 Å². The Kier molecular flexibility index (Phi) is 2.80. The highest BCUT2D eigenvalue weighted by Gasteiger charge is 2.48. The van der Waals surface area contributed by atoms with Crippen LogP contribution < -0.4 is 5.32 Å². The molecule has 1 aromatic rings. The van der Waals surface area contributed by atoms with Gasteiger partial charge in [-0.05, 0) is 60.9 Å². The number of nitrogens with one attached hydrogen (secondary N) is 1. The van der Waals surface area contributed by atoms with Crippen LogP contribution in [0.25, 0.3) is 0 Å².